The zero-order valence-electron chi connectivity index (χ0n) is 9.87. The second-order valence-electron chi connectivity index (χ2n) is 3.64. The first kappa shape index (κ1) is 13.1. The third-order valence-electron chi connectivity index (χ3n) is 2.47. The maximum Gasteiger partial charge on any atom is 0.146 e. The van der Waals surface area contributed by atoms with Gasteiger partial charge < -0.3 is 10.1 Å². The molecule has 90 valence electrons. The van der Waals surface area contributed by atoms with Gasteiger partial charge in [0.25, 0.3) is 0 Å². The Morgan fingerprint density at radius 1 is 1.56 bits per heavy atom. The van der Waals surface area contributed by atoms with Crippen LogP contribution in [0.5, 0.6) is 0 Å². The Balaban J connectivity index is 2.65. The third-order valence-corrected chi connectivity index (χ3v) is 2.47. The number of methoxy groups -OCH3 is 1. The van der Waals surface area contributed by atoms with Gasteiger partial charge in [-0.25, -0.2) is 4.39 Å². The highest BCUT2D eigenvalue weighted by Gasteiger charge is 2.13. The maximum absolute atomic E-state index is 13.5. The smallest absolute Gasteiger partial charge is 0.146 e. The Hall–Kier alpha value is -1.00. The average molecular weight is 226 g/mol. The molecule has 0 saturated carbocycles. The summed E-state index contributed by atoms with van der Waals surface area (Å²) in [5.74, 6) is -0.245. The molecule has 0 amide bonds. The lowest BCUT2D eigenvalue weighted by Crippen LogP contribution is -2.22. The van der Waals surface area contributed by atoms with E-state index in [4.69, 9.17) is 4.74 Å². The van der Waals surface area contributed by atoms with Gasteiger partial charge in [-0.3, -0.25) is 4.98 Å². The van der Waals surface area contributed by atoms with Crippen molar-refractivity contribution in [1.29, 1.82) is 0 Å². The highest BCUT2D eigenvalue weighted by atomic mass is 19.1. The highest BCUT2D eigenvalue weighted by Crippen LogP contribution is 2.20. The third kappa shape index (κ3) is 3.87. The molecular formula is C12H19FN2O. The van der Waals surface area contributed by atoms with Gasteiger partial charge in [0, 0.05) is 31.5 Å². The van der Waals surface area contributed by atoms with Gasteiger partial charge in [0.1, 0.15) is 5.82 Å². The predicted molar refractivity (Wildman–Crippen MR) is 61.7 cm³/mol. The number of rotatable bonds is 7. The summed E-state index contributed by atoms with van der Waals surface area (Å²) in [7, 11) is 1.68. The molecule has 0 fully saturated rings. The van der Waals surface area contributed by atoms with Crippen molar-refractivity contribution in [2.45, 2.75) is 25.8 Å². The SMILES string of the molecule is CCNC(CCCOC)c1ccncc1F. The minimum Gasteiger partial charge on any atom is -0.385 e. The van der Waals surface area contributed by atoms with Crippen LogP contribution in [-0.2, 0) is 4.74 Å². The summed E-state index contributed by atoms with van der Waals surface area (Å²) in [4.78, 5) is 3.76. The summed E-state index contributed by atoms with van der Waals surface area (Å²) in [6.45, 7) is 3.54. The van der Waals surface area contributed by atoms with E-state index >= 15 is 0 Å². The fraction of sp³-hybridized carbons (Fsp3) is 0.583. The number of halogens is 1. The van der Waals surface area contributed by atoms with Crippen LogP contribution in [0, 0.1) is 5.82 Å². The van der Waals surface area contributed by atoms with Crippen molar-refractivity contribution in [2.24, 2.45) is 0 Å². The summed E-state index contributed by atoms with van der Waals surface area (Å²) < 4.78 is 18.5. The molecule has 0 aliphatic carbocycles. The van der Waals surface area contributed by atoms with E-state index in [-0.39, 0.29) is 11.9 Å². The van der Waals surface area contributed by atoms with Crippen molar-refractivity contribution in [3.63, 3.8) is 0 Å². The molecule has 0 aliphatic rings. The summed E-state index contributed by atoms with van der Waals surface area (Å²) in [5, 5.41) is 3.28. The molecule has 0 bridgehead atoms. The first-order valence-corrected chi connectivity index (χ1v) is 5.61. The van der Waals surface area contributed by atoms with Crippen LogP contribution in [0.4, 0.5) is 4.39 Å². The topological polar surface area (TPSA) is 34.1 Å². The lowest BCUT2D eigenvalue weighted by Gasteiger charge is -2.18. The standard InChI is InChI=1S/C12H19FN2O/c1-3-15-12(5-4-8-16-2)10-6-7-14-9-11(10)13/h6-7,9,12,15H,3-5,8H2,1-2H3. The van der Waals surface area contributed by atoms with E-state index in [1.54, 1.807) is 19.4 Å². The Bertz CT molecular complexity index is 307. The minimum atomic E-state index is -0.245. The molecule has 1 aromatic rings. The van der Waals surface area contributed by atoms with Gasteiger partial charge in [-0.1, -0.05) is 6.92 Å². The molecule has 1 rings (SSSR count). The highest BCUT2D eigenvalue weighted by molar-refractivity contribution is 5.17. The summed E-state index contributed by atoms with van der Waals surface area (Å²) in [5.41, 5.74) is 0.688. The molecule has 1 atom stereocenters. The van der Waals surface area contributed by atoms with Crippen molar-refractivity contribution < 1.29 is 9.13 Å². The summed E-state index contributed by atoms with van der Waals surface area (Å²) in [6, 6.07) is 1.78. The van der Waals surface area contributed by atoms with E-state index in [1.165, 1.54) is 6.20 Å². The molecule has 0 saturated heterocycles. The first-order valence-electron chi connectivity index (χ1n) is 5.61. The largest absolute Gasteiger partial charge is 0.385 e. The number of hydrogen-bond acceptors (Lipinski definition) is 3. The van der Waals surface area contributed by atoms with Crippen LogP contribution in [0.25, 0.3) is 0 Å². The van der Waals surface area contributed by atoms with Gasteiger partial charge in [-0.05, 0) is 25.5 Å². The van der Waals surface area contributed by atoms with Gasteiger partial charge in [0.05, 0.1) is 6.20 Å². The van der Waals surface area contributed by atoms with Crippen LogP contribution < -0.4 is 5.32 Å². The Morgan fingerprint density at radius 2 is 2.38 bits per heavy atom. The molecule has 1 heterocycles. The van der Waals surface area contributed by atoms with Crippen LogP contribution in [0.15, 0.2) is 18.5 Å². The fourth-order valence-corrected chi connectivity index (χ4v) is 1.71. The minimum absolute atomic E-state index is 0.0446. The van der Waals surface area contributed by atoms with Crippen molar-refractivity contribution in [1.82, 2.24) is 10.3 Å². The zero-order chi connectivity index (χ0) is 11.8. The maximum atomic E-state index is 13.5. The fourth-order valence-electron chi connectivity index (χ4n) is 1.71. The lowest BCUT2D eigenvalue weighted by molar-refractivity contribution is 0.188. The second kappa shape index (κ2) is 7.30. The van der Waals surface area contributed by atoms with Crippen molar-refractivity contribution >= 4 is 0 Å². The second-order valence-corrected chi connectivity index (χ2v) is 3.64. The molecule has 1 unspecified atom stereocenters. The van der Waals surface area contributed by atoms with Crippen LogP contribution >= 0.6 is 0 Å². The van der Waals surface area contributed by atoms with Gasteiger partial charge in [0.15, 0.2) is 0 Å². The van der Waals surface area contributed by atoms with Gasteiger partial charge >= 0.3 is 0 Å². The van der Waals surface area contributed by atoms with Crippen molar-refractivity contribution in [3.8, 4) is 0 Å². The van der Waals surface area contributed by atoms with Gasteiger partial charge in [-0.15, -0.1) is 0 Å². The average Bonchev–Trinajstić information content (AvgIpc) is 2.29. The monoisotopic (exact) mass is 226 g/mol. The molecule has 0 spiro atoms. The molecule has 0 aliphatic heterocycles. The first-order chi connectivity index (χ1) is 7.79. The number of nitrogens with zero attached hydrogens (tertiary/aromatic N) is 1. The Morgan fingerprint density at radius 3 is 3.00 bits per heavy atom. The lowest BCUT2D eigenvalue weighted by atomic mass is 10.0. The van der Waals surface area contributed by atoms with Crippen molar-refractivity contribution in [3.05, 3.63) is 29.8 Å². The Kier molecular flexibility index (Phi) is 5.96. The quantitative estimate of drug-likeness (QED) is 0.724. The summed E-state index contributed by atoms with van der Waals surface area (Å²) in [6.07, 6.45) is 4.66. The number of ether oxygens (including phenoxy) is 1. The van der Waals surface area contributed by atoms with Gasteiger partial charge in [-0.2, -0.15) is 0 Å². The van der Waals surface area contributed by atoms with Crippen LogP contribution in [0.3, 0.4) is 0 Å². The molecule has 3 nitrogen and oxygen atoms in total. The van der Waals surface area contributed by atoms with Crippen LogP contribution in [0.2, 0.25) is 0 Å². The zero-order valence-corrected chi connectivity index (χ0v) is 9.87. The van der Waals surface area contributed by atoms with E-state index in [0.29, 0.717) is 12.2 Å². The number of aromatic nitrogens is 1. The molecule has 0 radical (unpaired) electrons. The van der Waals surface area contributed by atoms with E-state index < -0.39 is 0 Å². The molecular weight excluding hydrogens is 207 g/mol. The molecule has 4 heteroatoms. The molecule has 0 aromatic carbocycles. The molecule has 1 aromatic heterocycles. The molecule has 16 heavy (non-hydrogen) atoms. The normalized spacial score (nSPS) is 12.7. The van der Waals surface area contributed by atoms with Crippen LogP contribution in [-0.4, -0.2) is 25.2 Å². The molecule has 1 N–H and O–H groups in total. The van der Waals surface area contributed by atoms with E-state index in [1.807, 2.05) is 6.92 Å². The van der Waals surface area contributed by atoms with Gasteiger partial charge in [0.2, 0.25) is 0 Å². The van der Waals surface area contributed by atoms with Crippen LogP contribution in [0.1, 0.15) is 31.4 Å². The van der Waals surface area contributed by atoms with E-state index in [9.17, 15) is 4.39 Å². The van der Waals surface area contributed by atoms with Crippen molar-refractivity contribution in [2.75, 3.05) is 20.3 Å². The van der Waals surface area contributed by atoms with E-state index in [2.05, 4.69) is 10.3 Å². The number of nitrogens with one attached hydrogen (secondary N) is 1. The number of hydrogen-bond donors (Lipinski definition) is 1. The Labute approximate surface area is 96.0 Å². The predicted octanol–water partition coefficient (Wildman–Crippen LogP) is 2.30. The number of pyridine rings is 1. The summed E-state index contributed by atoms with van der Waals surface area (Å²) >= 11 is 0. The van der Waals surface area contributed by atoms with E-state index in [0.717, 1.165) is 19.4 Å².